The van der Waals surface area contributed by atoms with Crippen LogP contribution in [0.15, 0.2) is 36.4 Å². The highest BCUT2D eigenvalue weighted by atomic mass is 16.2. The third-order valence-electron chi connectivity index (χ3n) is 3.19. The fraction of sp³-hybridized carbons (Fsp3) is 0.526. The van der Waals surface area contributed by atoms with Crippen LogP contribution in [0.4, 0.5) is 0 Å². The molecule has 0 unspecified atom stereocenters. The summed E-state index contributed by atoms with van der Waals surface area (Å²) in [6.07, 6.45) is 5.76. The molecule has 3 heteroatoms. The Balaban J connectivity index is 0.000000604. The van der Waals surface area contributed by atoms with E-state index in [0.29, 0.717) is 12.8 Å². The standard InChI is InChI=1S/C13H22O3.C6H6/c1-3-5-7-9-11(14)13(16)12(15)10-8-6-4-2;1-2-4-6-5-3-1/h3-10H2,1-2H3;1-6H. The monoisotopic (exact) mass is 304 g/mol. The van der Waals surface area contributed by atoms with Gasteiger partial charge in [-0.15, -0.1) is 0 Å². The first kappa shape index (κ1) is 20.2. The third-order valence-corrected chi connectivity index (χ3v) is 3.19. The zero-order chi connectivity index (χ0) is 16.6. The van der Waals surface area contributed by atoms with Gasteiger partial charge in [0, 0.05) is 12.8 Å². The number of hydrogen-bond donors (Lipinski definition) is 0. The Hall–Kier alpha value is -1.77. The average molecular weight is 304 g/mol. The van der Waals surface area contributed by atoms with Crippen molar-refractivity contribution in [3.63, 3.8) is 0 Å². The molecule has 1 aromatic rings. The van der Waals surface area contributed by atoms with Crippen molar-refractivity contribution in [2.24, 2.45) is 0 Å². The molecule has 0 aliphatic rings. The van der Waals surface area contributed by atoms with Crippen LogP contribution < -0.4 is 0 Å². The van der Waals surface area contributed by atoms with Gasteiger partial charge in [0.2, 0.25) is 11.6 Å². The van der Waals surface area contributed by atoms with Gasteiger partial charge in [0.15, 0.2) is 0 Å². The fourth-order valence-corrected chi connectivity index (χ4v) is 1.84. The predicted molar refractivity (Wildman–Crippen MR) is 89.7 cm³/mol. The molecule has 1 rings (SSSR count). The van der Waals surface area contributed by atoms with Gasteiger partial charge in [0.05, 0.1) is 0 Å². The topological polar surface area (TPSA) is 51.2 Å². The van der Waals surface area contributed by atoms with Gasteiger partial charge in [0.1, 0.15) is 0 Å². The van der Waals surface area contributed by atoms with Gasteiger partial charge in [-0.25, -0.2) is 0 Å². The molecule has 0 bridgehead atoms. The highest BCUT2D eigenvalue weighted by Crippen LogP contribution is 2.04. The molecule has 0 aromatic heterocycles. The van der Waals surface area contributed by atoms with E-state index in [-0.39, 0.29) is 12.8 Å². The number of rotatable bonds is 10. The lowest BCUT2D eigenvalue weighted by molar-refractivity contribution is -0.144. The molecule has 122 valence electrons. The van der Waals surface area contributed by atoms with Crippen LogP contribution in [0, 0.1) is 0 Å². The van der Waals surface area contributed by atoms with E-state index >= 15 is 0 Å². The summed E-state index contributed by atoms with van der Waals surface area (Å²) >= 11 is 0. The van der Waals surface area contributed by atoms with Gasteiger partial charge in [-0.3, -0.25) is 14.4 Å². The van der Waals surface area contributed by atoms with Gasteiger partial charge < -0.3 is 0 Å². The summed E-state index contributed by atoms with van der Waals surface area (Å²) in [5.41, 5.74) is 0. The zero-order valence-corrected chi connectivity index (χ0v) is 13.8. The van der Waals surface area contributed by atoms with E-state index < -0.39 is 17.3 Å². The van der Waals surface area contributed by atoms with Crippen LogP contribution in [0.3, 0.4) is 0 Å². The van der Waals surface area contributed by atoms with Gasteiger partial charge in [-0.1, -0.05) is 75.9 Å². The summed E-state index contributed by atoms with van der Waals surface area (Å²) in [6.45, 7) is 4.06. The Labute approximate surface area is 134 Å². The normalized spacial score (nSPS) is 9.55. The second-order valence-electron chi connectivity index (χ2n) is 5.24. The summed E-state index contributed by atoms with van der Waals surface area (Å²) in [4.78, 5) is 34.0. The molecule has 1 aromatic carbocycles. The Morgan fingerprint density at radius 2 is 0.909 bits per heavy atom. The highest BCUT2D eigenvalue weighted by molar-refractivity contribution is 6.63. The third kappa shape index (κ3) is 11.0. The Bertz CT molecular complexity index is 373. The molecule has 0 heterocycles. The number of benzene rings is 1. The SMILES string of the molecule is CCCCCC(=O)C(=O)C(=O)CCCCC.c1ccccc1. The fourth-order valence-electron chi connectivity index (χ4n) is 1.84. The molecule has 22 heavy (non-hydrogen) atoms. The van der Waals surface area contributed by atoms with Crippen LogP contribution in [0.1, 0.15) is 65.2 Å². The van der Waals surface area contributed by atoms with E-state index in [0.717, 1.165) is 25.7 Å². The molecule has 3 nitrogen and oxygen atoms in total. The molecule has 0 atom stereocenters. The first-order chi connectivity index (χ1) is 10.6. The maximum absolute atomic E-state index is 11.3. The van der Waals surface area contributed by atoms with Crippen LogP contribution in [0.5, 0.6) is 0 Å². The molecule has 0 aliphatic heterocycles. The second-order valence-corrected chi connectivity index (χ2v) is 5.24. The molecule has 0 aliphatic carbocycles. The van der Waals surface area contributed by atoms with Crippen molar-refractivity contribution in [1.82, 2.24) is 0 Å². The smallest absolute Gasteiger partial charge is 0.264 e. The number of unbranched alkanes of at least 4 members (excludes halogenated alkanes) is 4. The minimum Gasteiger partial charge on any atom is -0.290 e. The summed E-state index contributed by atoms with van der Waals surface area (Å²) < 4.78 is 0. The lowest BCUT2D eigenvalue weighted by Crippen LogP contribution is -2.23. The Morgan fingerprint density at radius 1 is 0.591 bits per heavy atom. The zero-order valence-electron chi connectivity index (χ0n) is 13.8. The lowest BCUT2D eigenvalue weighted by atomic mass is 10.0. The molecule has 0 spiro atoms. The van der Waals surface area contributed by atoms with Gasteiger partial charge in [0.25, 0.3) is 5.78 Å². The number of ketones is 3. The first-order valence-electron chi connectivity index (χ1n) is 8.23. The van der Waals surface area contributed by atoms with Gasteiger partial charge >= 0.3 is 0 Å². The highest BCUT2D eigenvalue weighted by Gasteiger charge is 2.20. The van der Waals surface area contributed by atoms with E-state index in [1.807, 2.05) is 50.2 Å². The average Bonchev–Trinajstić information content (AvgIpc) is 2.56. The quantitative estimate of drug-likeness (QED) is 0.362. The van der Waals surface area contributed by atoms with E-state index in [2.05, 4.69) is 0 Å². The summed E-state index contributed by atoms with van der Waals surface area (Å²) in [5, 5.41) is 0. The van der Waals surface area contributed by atoms with Crippen LogP contribution >= 0.6 is 0 Å². The molecule has 0 saturated carbocycles. The van der Waals surface area contributed by atoms with Crippen molar-refractivity contribution >= 4 is 17.3 Å². The molecule has 0 radical (unpaired) electrons. The molecular formula is C19H28O3. The number of hydrogen-bond acceptors (Lipinski definition) is 3. The summed E-state index contributed by atoms with van der Waals surface area (Å²) in [7, 11) is 0. The van der Waals surface area contributed by atoms with Crippen LogP contribution in [0.25, 0.3) is 0 Å². The number of Topliss-reactive ketones (excluding diaryl/α,β-unsaturated/α-hetero) is 3. The lowest BCUT2D eigenvalue weighted by Gasteiger charge is -1.99. The van der Waals surface area contributed by atoms with E-state index in [4.69, 9.17) is 0 Å². The van der Waals surface area contributed by atoms with Gasteiger partial charge in [-0.2, -0.15) is 0 Å². The maximum Gasteiger partial charge on any atom is 0.264 e. The summed E-state index contributed by atoms with van der Waals surface area (Å²) in [6, 6.07) is 12.0. The second kappa shape index (κ2) is 14.2. The van der Waals surface area contributed by atoms with Crippen LogP contribution in [-0.4, -0.2) is 17.3 Å². The molecular weight excluding hydrogens is 276 g/mol. The molecule has 0 fully saturated rings. The largest absolute Gasteiger partial charge is 0.290 e. The molecule has 0 amide bonds. The molecule has 0 N–H and O–H groups in total. The van der Waals surface area contributed by atoms with E-state index in [1.54, 1.807) is 0 Å². The molecule has 0 saturated heterocycles. The Kier molecular flexibility index (Phi) is 13.0. The van der Waals surface area contributed by atoms with Crippen molar-refractivity contribution < 1.29 is 14.4 Å². The number of carbonyl (C=O) groups excluding carboxylic acids is 3. The van der Waals surface area contributed by atoms with Crippen molar-refractivity contribution in [1.29, 1.82) is 0 Å². The van der Waals surface area contributed by atoms with E-state index in [1.165, 1.54) is 0 Å². The number of carbonyl (C=O) groups is 3. The van der Waals surface area contributed by atoms with Crippen molar-refractivity contribution in [2.75, 3.05) is 0 Å². The predicted octanol–water partition coefficient (Wildman–Crippen LogP) is 4.54. The first-order valence-corrected chi connectivity index (χ1v) is 8.23. The van der Waals surface area contributed by atoms with Crippen molar-refractivity contribution in [3.05, 3.63) is 36.4 Å². The minimum absolute atomic E-state index is 0.228. The minimum atomic E-state index is -0.785. The van der Waals surface area contributed by atoms with Crippen molar-refractivity contribution in [2.45, 2.75) is 65.2 Å². The maximum atomic E-state index is 11.3. The Morgan fingerprint density at radius 3 is 1.18 bits per heavy atom. The van der Waals surface area contributed by atoms with Crippen LogP contribution in [0.2, 0.25) is 0 Å². The van der Waals surface area contributed by atoms with Crippen molar-refractivity contribution in [3.8, 4) is 0 Å². The van der Waals surface area contributed by atoms with E-state index in [9.17, 15) is 14.4 Å². The van der Waals surface area contributed by atoms with Crippen LogP contribution in [-0.2, 0) is 14.4 Å². The van der Waals surface area contributed by atoms with Gasteiger partial charge in [-0.05, 0) is 12.8 Å². The summed E-state index contributed by atoms with van der Waals surface area (Å²) in [5.74, 6) is -1.79.